The Morgan fingerprint density at radius 2 is 2.14 bits per heavy atom. The van der Waals surface area contributed by atoms with Gasteiger partial charge in [0.1, 0.15) is 5.82 Å². The second-order valence-electron chi connectivity index (χ2n) is 3.28. The van der Waals surface area contributed by atoms with Crippen molar-refractivity contribution in [3.8, 4) is 0 Å². The Hall–Kier alpha value is -0.970. The van der Waals surface area contributed by atoms with Crippen LogP contribution in [0.25, 0.3) is 0 Å². The van der Waals surface area contributed by atoms with Crippen LogP contribution in [0.2, 0.25) is 0 Å². The molecule has 0 spiro atoms. The predicted molar refractivity (Wildman–Crippen MR) is 50.9 cm³/mol. The van der Waals surface area contributed by atoms with Gasteiger partial charge in [-0.15, -0.1) is 0 Å². The number of aliphatic hydroxyl groups is 2. The van der Waals surface area contributed by atoms with Gasteiger partial charge in [0, 0.05) is 5.56 Å². The first kappa shape index (κ1) is 11.1. The Balaban J connectivity index is 3.05. The van der Waals surface area contributed by atoms with Crippen molar-refractivity contribution >= 4 is 0 Å². The van der Waals surface area contributed by atoms with Gasteiger partial charge >= 0.3 is 0 Å². The molecule has 2 atom stereocenters. The van der Waals surface area contributed by atoms with Crippen LogP contribution in [0.15, 0.2) is 18.2 Å². The Bertz CT molecular complexity index is 315. The van der Waals surface area contributed by atoms with Crippen LogP contribution in [0.4, 0.5) is 4.39 Å². The number of rotatable bonds is 3. The van der Waals surface area contributed by atoms with Crippen LogP contribution in [0.5, 0.6) is 0 Å². The molecule has 0 saturated heterocycles. The maximum Gasteiger partial charge on any atom is 0.128 e. The largest absolute Gasteiger partial charge is 0.392 e. The maximum absolute atomic E-state index is 13.2. The Morgan fingerprint density at radius 1 is 1.50 bits per heavy atom. The van der Waals surface area contributed by atoms with Crippen molar-refractivity contribution in [3.05, 3.63) is 35.1 Å². The summed E-state index contributed by atoms with van der Waals surface area (Å²) in [7, 11) is 0. The molecule has 0 aliphatic heterocycles. The van der Waals surface area contributed by atoms with E-state index in [4.69, 9.17) is 10.8 Å². The van der Waals surface area contributed by atoms with E-state index in [0.29, 0.717) is 5.56 Å². The van der Waals surface area contributed by atoms with E-state index >= 15 is 0 Å². The standard InChI is InChI=1S/C10H14FNO2/c1-6(14)10(12)8-4-7(5-13)2-3-9(8)11/h2-4,6,10,13-14H,5,12H2,1H3/t6?,10-/m0/s1. The minimum absolute atomic E-state index is 0.167. The molecule has 0 bridgehead atoms. The molecular weight excluding hydrogens is 185 g/mol. The number of aliphatic hydroxyl groups excluding tert-OH is 2. The fourth-order valence-electron chi connectivity index (χ4n) is 1.21. The molecule has 1 aromatic carbocycles. The number of benzene rings is 1. The third-order valence-electron chi connectivity index (χ3n) is 2.12. The molecule has 1 unspecified atom stereocenters. The highest BCUT2D eigenvalue weighted by molar-refractivity contribution is 5.27. The van der Waals surface area contributed by atoms with Gasteiger partial charge in [-0.1, -0.05) is 6.07 Å². The lowest BCUT2D eigenvalue weighted by Gasteiger charge is -2.16. The lowest BCUT2D eigenvalue weighted by molar-refractivity contribution is 0.162. The fraction of sp³-hybridized carbons (Fsp3) is 0.400. The average molecular weight is 199 g/mol. The van der Waals surface area contributed by atoms with E-state index in [1.807, 2.05) is 0 Å². The second kappa shape index (κ2) is 4.50. The third kappa shape index (κ3) is 2.29. The monoisotopic (exact) mass is 199 g/mol. The highest BCUT2D eigenvalue weighted by Crippen LogP contribution is 2.19. The molecule has 0 saturated carbocycles. The molecule has 4 N–H and O–H groups in total. The average Bonchev–Trinajstić information content (AvgIpc) is 2.17. The molecule has 0 aromatic heterocycles. The van der Waals surface area contributed by atoms with Crippen molar-refractivity contribution in [2.75, 3.05) is 0 Å². The van der Waals surface area contributed by atoms with Crippen molar-refractivity contribution in [1.82, 2.24) is 0 Å². The molecule has 0 aliphatic rings. The van der Waals surface area contributed by atoms with Gasteiger partial charge in [-0.2, -0.15) is 0 Å². The maximum atomic E-state index is 13.2. The van der Waals surface area contributed by atoms with Crippen molar-refractivity contribution < 1.29 is 14.6 Å². The first-order valence-electron chi connectivity index (χ1n) is 4.39. The normalized spacial score (nSPS) is 15.2. The Labute approximate surface area is 82.0 Å². The zero-order valence-electron chi connectivity index (χ0n) is 7.94. The van der Waals surface area contributed by atoms with E-state index in [1.54, 1.807) is 0 Å². The molecule has 0 amide bonds. The van der Waals surface area contributed by atoms with Gasteiger partial charge in [0.05, 0.1) is 18.8 Å². The van der Waals surface area contributed by atoms with Gasteiger partial charge in [0.15, 0.2) is 0 Å². The van der Waals surface area contributed by atoms with Gasteiger partial charge in [0.2, 0.25) is 0 Å². The predicted octanol–water partition coefficient (Wildman–Crippen LogP) is 0.699. The van der Waals surface area contributed by atoms with Crippen LogP contribution < -0.4 is 5.73 Å². The van der Waals surface area contributed by atoms with E-state index in [1.165, 1.54) is 25.1 Å². The summed E-state index contributed by atoms with van der Waals surface area (Å²) in [5.41, 5.74) is 6.40. The summed E-state index contributed by atoms with van der Waals surface area (Å²) in [4.78, 5) is 0. The summed E-state index contributed by atoms with van der Waals surface area (Å²) in [6.45, 7) is 1.33. The number of hydrogen-bond acceptors (Lipinski definition) is 3. The Kier molecular flexibility index (Phi) is 3.57. The smallest absolute Gasteiger partial charge is 0.128 e. The van der Waals surface area contributed by atoms with Gasteiger partial charge < -0.3 is 15.9 Å². The first-order valence-corrected chi connectivity index (χ1v) is 4.39. The lowest BCUT2D eigenvalue weighted by atomic mass is 10.0. The van der Waals surface area contributed by atoms with E-state index in [0.717, 1.165) is 0 Å². The van der Waals surface area contributed by atoms with E-state index < -0.39 is 18.0 Å². The molecule has 14 heavy (non-hydrogen) atoms. The molecule has 0 heterocycles. The fourth-order valence-corrected chi connectivity index (χ4v) is 1.21. The zero-order chi connectivity index (χ0) is 10.7. The van der Waals surface area contributed by atoms with Crippen molar-refractivity contribution in [1.29, 1.82) is 0 Å². The molecular formula is C10H14FNO2. The number of halogens is 1. The number of hydrogen-bond donors (Lipinski definition) is 3. The van der Waals surface area contributed by atoms with Crippen LogP contribution in [-0.2, 0) is 6.61 Å². The van der Waals surface area contributed by atoms with Gasteiger partial charge in [0.25, 0.3) is 0 Å². The summed E-state index contributed by atoms with van der Waals surface area (Å²) in [6, 6.07) is 3.42. The molecule has 1 rings (SSSR count). The quantitative estimate of drug-likeness (QED) is 0.671. The SMILES string of the molecule is CC(O)[C@H](N)c1cc(CO)ccc1F. The van der Waals surface area contributed by atoms with Crippen LogP contribution in [-0.4, -0.2) is 16.3 Å². The molecule has 0 aliphatic carbocycles. The summed E-state index contributed by atoms with van der Waals surface area (Å²) >= 11 is 0. The van der Waals surface area contributed by atoms with Crippen molar-refractivity contribution in [2.45, 2.75) is 25.7 Å². The minimum atomic E-state index is -0.821. The van der Waals surface area contributed by atoms with Crippen molar-refractivity contribution in [3.63, 3.8) is 0 Å². The van der Waals surface area contributed by atoms with E-state index in [9.17, 15) is 9.50 Å². The zero-order valence-corrected chi connectivity index (χ0v) is 7.94. The second-order valence-corrected chi connectivity index (χ2v) is 3.28. The third-order valence-corrected chi connectivity index (χ3v) is 2.12. The molecule has 0 radical (unpaired) electrons. The van der Waals surface area contributed by atoms with Crippen LogP contribution in [0.3, 0.4) is 0 Å². The molecule has 4 heteroatoms. The van der Waals surface area contributed by atoms with Gasteiger partial charge in [-0.05, 0) is 24.6 Å². The highest BCUT2D eigenvalue weighted by atomic mass is 19.1. The minimum Gasteiger partial charge on any atom is -0.392 e. The van der Waals surface area contributed by atoms with E-state index in [-0.39, 0.29) is 12.2 Å². The first-order chi connectivity index (χ1) is 6.56. The van der Waals surface area contributed by atoms with E-state index in [2.05, 4.69) is 0 Å². The summed E-state index contributed by atoms with van der Waals surface area (Å²) in [5, 5.41) is 18.1. The summed E-state index contributed by atoms with van der Waals surface area (Å²) in [6.07, 6.45) is -0.821. The van der Waals surface area contributed by atoms with Crippen LogP contribution in [0.1, 0.15) is 24.1 Å². The molecule has 0 fully saturated rings. The molecule has 78 valence electrons. The number of nitrogens with two attached hydrogens (primary N) is 1. The topological polar surface area (TPSA) is 66.5 Å². The van der Waals surface area contributed by atoms with Crippen molar-refractivity contribution in [2.24, 2.45) is 5.73 Å². The van der Waals surface area contributed by atoms with Crippen LogP contribution >= 0.6 is 0 Å². The van der Waals surface area contributed by atoms with Gasteiger partial charge in [-0.3, -0.25) is 0 Å². The molecule has 1 aromatic rings. The Morgan fingerprint density at radius 3 is 2.64 bits per heavy atom. The van der Waals surface area contributed by atoms with Gasteiger partial charge in [-0.25, -0.2) is 4.39 Å². The lowest BCUT2D eigenvalue weighted by Crippen LogP contribution is -2.24. The molecule has 3 nitrogen and oxygen atoms in total. The highest BCUT2D eigenvalue weighted by Gasteiger charge is 2.16. The van der Waals surface area contributed by atoms with Crippen LogP contribution in [0, 0.1) is 5.82 Å². The summed E-state index contributed by atoms with van der Waals surface area (Å²) < 4.78 is 13.2. The summed E-state index contributed by atoms with van der Waals surface area (Å²) in [5.74, 6) is -0.462.